The summed E-state index contributed by atoms with van der Waals surface area (Å²) in [4.78, 5) is 11.8. The molecule has 4 aliphatic carbocycles. The van der Waals surface area contributed by atoms with Crippen molar-refractivity contribution in [2.24, 2.45) is 41.4 Å². The summed E-state index contributed by atoms with van der Waals surface area (Å²) in [5, 5.41) is 9.97. The number of carbonyl (C=O) groups is 1. The number of halogens is 5. The standard InChI is InChI=1S/C18H21F5O4/c1-7(24)27-15-11-5-10(13-8-2-3-9(4-8)14(11)13)12(15)6-26-17(25,16(15,19)20)18(21,22)23/h8-14,25H,2-6H2,1H3. The highest BCUT2D eigenvalue weighted by Gasteiger charge is 2.89. The van der Waals surface area contributed by atoms with Crippen molar-refractivity contribution >= 4 is 5.97 Å². The normalized spacial score (nSPS) is 54.7. The van der Waals surface area contributed by atoms with Crippen LogP contribution in [0.4, 0.5) is 22.0 Å². The zero-order chi connectivity index (χ0) is 19.6. The van der Waals surface area contributed by atoms with Gasteiger partial charge in [-0.05, 0) is 55.3 Å². The van der Waals surface area contributed by atoms with E-state index in [-0.39, 0.29) is 23.7 Å². The highest BCUT2D eigenvalue weighted by molar-refractivity contribution is 5.67. The highest BCUT2D eigenvalue weighted by atomic mass is 19.4. The molecule has 9 atom stereocenters. The number of esters is 1. The molecule has 0 aromatic carbocycles. The van der Waals surface area contributed by atoms with Crippen molar-refractivity contribution in [1.82, 2.24) is 0 Å². The second-order valence-corrected chi connectivity index (χ2v) is 9.01. The number of hydrogen-bond donors (Lipinski definition) is 1. The monoisotopic (exact) mass is 396 g/mol. The van der Waals surface area contributed by atoms with Gasteiger partial charge in [0.1, 0.15) is 0 Å². The summed E-state index contributed by atoms with van der Waals surface area (Å²) in [5.74, 6) is -12.1. The van der Waals surface area contributed by atoms with Gasteiger partial charge in [0.15, 0.2) is 5.60 Å². The Bertz CT molecular complexity index is 696. The number of aliphatic hydroxyl groups is 1. The molecule has 4 bridgehead atoms. The minimum absolute atomic E-state index is 0.175. The van der Waals surface area contributed by atoms with Crippen molar-refractivity contribution in [2.45, 2.75) is 56.1 Å². The smallest absolute Gasteiger partial charge is 0.449 e. The lowest BCUT2D eigenvalue weighted by atomic mass is 9.58. The lowest BCUT2D eigenvalue weighted by Crippen LogP contribution is -2.78. The van der Waals surface area contributed by atoms with E-state index in [1.54, 1.807) is 0 Å². The summed E-state index contributed by atoms with van der Waals surface area (Å²) in [6.45, 7) is 0.231. The molecule has 152 valence electrons. The first-order valence-corrected chi connectivity index (χ1v) is 9.46. The third kappa shape index (κ3) is 1.80. The van der Waals surface area contributed by atoms with Gasteiger partial charge in [-0.3, -0.25) is 4.79 Å². The van der Waals surface area contributed by atoms with Crippen LogP contribution in [0.2, 0.25) is 0 Å². The zero-order valence-corrected chi connectivity index (χ0v) is 14.6. The second kappa shape index (κ2) is 4.96. The van der Waals surface area contributed by atoms with Crippen LogP contribution in [0.25, 0.3) is 0 Å². The summed E-state index contributed by atoms with van der Waals surface area (Å²) < 4.78 is 80.9. The number of ether oxygens (including phenoxy) is 2. The largest absolute Gasteiger partial charge is 0.452 e. The summed E-state index contributed by atoms with van der Waals surface area (Å²) >= 11 is 0. The first-order valence-electron chi connectivity index (χ1n) is 9.46. The first kappa shape index (κ1) is 18.1. The van der Waals surface area contributed by atoms with Gasteiger partial charge in [0.2, 0.25) is 0 Å². The van der Waals surface area contributed by atoms with Gasteiger partial charge in [-0.1, -0.05) is 0 Å². The number of rotatable bonds is 1. The molecule has 0 aromatic heterocycles. The number of carbonyl (C=O) groups excluding carboxylic acids is 1. The Hall–Kier alpha value is -0.960. The van der Waals surface area contributed by atoms with Gasteiger partial charge < -0.3 is 14.6 Å². The van der Waals surface area contributed by atoms with E-state index in [0.29, 0.717) is 12.3 Å². The van der Waals surface area contributed by atoms with Gasteiger partial charge in [0.05, 0.1) is 6.61 Å². The van der Waals surface area contributed by atoms with Gasteiger partial charge in [0.25, 0.3) is 0 Å². The molecule has 4 nitrogen and oxygen atoms in total. The molecule has 9 unspecified atom stereocenters. The van der Waals surface area contributed by atoms with Gasteiger partial charge in [0, 0.05) is 18.8 Å². The molecule has 5 fully saturated rings. The predicted octanol–water partition coefficient (Wildman–Crippen LogP) is 3.13. The van der Waals surface area contributed by atoms with E-state index in [2.05, 4.69) is 4.74 Å². The van der Waals surface area contributed by atoms with Crippen LogP contribution in [0, 0.1) is 41.4 Å². The maximum Gasteiger partial charge on any atom is 0.449 e. The molecule has 1 heterocycles. The van der Waals surface area contributed by atoms with E-state index in [1.807, 2.05) is 0 Å². The van der Waals surface area contributed by atoms with Gasteiger partial charge in [-0.15, -0.1) is 0 Å². The van der Waals surface area contributed by atoms with Crippen LogP contribution >= 0.6 is 0 Å². The first-order chi connectivity index (χ1) is 12.5. The molecule has 4 saturated carbocycles. The van der Waals surface area contributed by atoms with Gasteiger partial charge in [-0.25, -0.2) is 0 Å². The second-order valence-electron chi connectivity index (χ2n) is 9.01. The number of hydrogen-bond acceptors (Lipinski definition) is 4. The Morgan fingerprint density at radius 1 is 1.11 bits per heavy atom. The molecule has 0 spiro atoms. The Morgan fingerprint density at radius 2 is 1.74 bits per heavy atom. The molecule has 27 heavy (non-hydrogen) atoms. The molecular weight excluding hydrogens is 375 g/mol. The van der Waals surface area contributed by atoms with Crippen LogP contribution in [-0.4, -0.2) is 41.2 Å². The molecular formula is C18H21F5O4. The van der Waals surface area contributed by atoms with Crippen molar-refractivity contribution < 1.29 is 41.3 Å². The van der Waals surface area contributed by atoms with Gasteiger partial charge in [-0.2, -0.15) is 22.0 Å². The molecule has 0 radical (unpaired) electrons. The molecule has 5 aliphatic rings. The Morgan fingerprint density at radius 3 is 2.33 bits per heavy atom. The molecule has 0 aromatic rings. The summed E-state index contributed by atoms with van der Waals surface area (Å²) in [6.07, 6.45) is -2.62. The lowest BCUT2D eigenvalue weighted by molar-refractivity contribution is -0.486. The van der Waals surface area contributed by atoms with Crippen molar-refractivity contribution in [3.63, 3.8) is 0 Å². The average molecular weight is 396 g/mol. The fraction of sp³-hybridized carbons (Fsp3) is 0.944. The molecule has 9 heteroatoms. The molecule has 1 aliphatic heterocycles. The predicted molar refractivity (Wildman–Crippen MR) is 79.3 cm³/mol. The van der Waals surface area contributed by atoms with Crippen molar-refractivity contribution in [3.05, 3.63) is 0 Å². The summed E-state index contributed by atoms with van der Waals surface area (Å²) in [7, 11) is 0. The van der Waals surface area contributed by atoms with Crippen molar-refractivity contribution in [3.8, 4) is 0 Å². The number of alkyl halides is 5. The Labute approximate surface area is 152 Å². The maximum absolute atomic E-state index is 15.5. The van der Waals surface area contributed by atoms with E-state index in [4.69, 9.17) is 4.74 Å². The average Bonchev–Trinajstić information content (AvgIpc) is 3.27. The fourth-order valence-electron chi connectivity index (χ4n) is 7.70. The van der Waals surface area contributed by atoms with Crippen LogP contribution in [0.5, 0.6) is 0 Å². The minimum Gasteiger partial charge on any atom is -0.452 e. The molecule has 5 rings (SSSR count). The van der Waals surface area contributed by atoms with E-state index < -0.39 is 47.9 Å². The van der Waals surface area contributed by atoms with Crippen LogP contribution in [0.3, 0.4) is 0 Å². The highest BCUT2D eigenvalue weighted by Crippen LogP contribution is 2.76. The minimum atomic E-state index is -5.72. The van der Waals surface area contributed by atoms with E-state index in [1.165, 1.54) is 0 Å². The molecule has 1 saturated heterocycles. The summed E-state index contributed by atoms with van der Waals surface area (Å²) in [5.41, 5.74) is -2.67. The fourth-order valence-corrected chi connectivity index (χ4v) is 7.70. The van der Waals surface area contributed by atoms with Crippen LogP contribution < -0.4 is 0 Å². The third-order valence-corrected chi connectivity index (χ3v) is 8.24. The van der Waals surface area contributed by atoms with Crippen LogP contribution in [0.15, 0.2) is 0 Å². The third-order valence-electron chi connectivity index (χ3n) is 8.24. The molecule has 0 amide bonds. The van der Waals surface area contributed by atoms with Crippen molar-refractivity contribution in [2.75, 3.05) is 6.61 Å². The molecule has 1 N–H and O–H groups in total. The Kier molecular flexibility index (Phi) is 3.32. The van der Waals surface area contributed by atoms with Crippen molar-refractivity contribution in [1.29, 1.82) is 0 Å². The quantitative estimate of drug-likeness (QED) is 0.420. The van der Waals surface area contributed by atoms with E-state index >= 15 is 8.78 Å². The number of fused-ring (bicyclic) bond motifs is 12. The van der Waals surface area contributed by atoms with Crippen LogP contribution in [0.1, 0.15) is 32.6 Å². The van der Waals surface area contributed by atoms with E-state index in [9.17, 15) is 23.1 Å². The zero-order valence-electron chi connectivity index (χ0n) is 14.6. The maximum atomic E-state index is 15.5. The summed E-state index contributed by atoms with van der Waals surface area (Å²) in [6, 6.07) is 0. The SMILES string of the molecule is CC(=O)OC12C(COC(O)(C(F)(F)F)C1(F)F)C1CC2C2C3CCC(C3)C12. The van der Waals surface area contributed by atoms with Crippen LogP contribution in [-0.2, 0) is 14.3 Å². The lowest BCUT2D eigenvalue weighted by Gasteiger charge is -2.58. The van der Waals surface area contributed by atoms with E-state index in [0.717, 1.165) is 26.2 Å². The van der Waals surface area contributed by atoms with Gasteiger partial charge >= 0.3 is 23.9 Å². The topological polar surface area (TPSA) is 55.8 Å². The Balaban J connectivity index is 1.66.